The van der Waals surface area contributed by atoms with Crippen molar-refractivity contribution < 1.29 is 9.90 Å². The normalized spacial score (nSPS) is 46.2. The maximum atomic E-state index is 12.6. The molecule has 5 rings (SSSR count). The molecule has 0 amide bonds. The van der Waals surface area contributed by atoms with Crippen molar-refractivity contribution in [2.24, 2.45) is 51.8 Å². The maximum Gasteiger partial charge on any atom is 0.133 e. The van der Waals surface area contributed by atoms with Gasteiger partial charge in [0.15, 0.2) is 0 Å². The predicted molar refractivity (Wildman–Crippen MR) is 126 cm³/mol. The molecule has 5 aliphatic rings. The summed E-state index contributed by atoms with van der Waals surface area (Å²) in [6, 6.07) is 0. The number of fused-ring (bicyclic) bond motifs is 6. The highest BCUT2D eigenvalue weighted by Crippen LogP contribution is 2.72. The number of carbonyl (C=O) groups excluding carboxylic acids is 1. The summed E-state index contributed by atoms with van der Waals surface area (Å²) < 4.78 is 0. The van der Waals surface area contributed by atoms with Crippen LogP contribution in [0.1, 0.15) is 105 Å². The monoisotopic (exact) mass is 426 g/mol. The molecule has 174 valence electrons. The number of aliphatic hydroxyl groups is 1. The number of Topliss-reactive ketones (excluding diaryl/α,β-unsaturated/α-hetero) is 1. The van der Waals surface area contributed by atoms with Crippen LogP contribution in [0, 0.1) is 51.8 Å². The van der Waals surface area contributed by atoms with Gasteiger partial charge in [-0.05, 0) is 104 Å². The molecule has 0 saturated heterocycles. The van der Waals surface area contributed by atoms with E-state index in [0.29, 0.717) is 28.4 Å². The molecular weight excluding hydrogens is 380 g/mol. The van der Waals surface area contributed by atoms with E-state index >= 15 is 0 Å². The Hall–Kier alpha value is -0.630. The molecule has 5 aliphatic carbocycles. The molecule has 0 radical (unpaired) electrons. The number of allylic oxidation sites excluding steroid dienone is 1. The maximum absolute atomic E-state index is 12.6. The minimum atomic E-state index is -0.0858. The minimum absolute atomic E-state index is 0.0858. The molecule has 4 fully saturated rings. The molecule has 0 aromatic rings. The molecule has 2 nitrogen and oxygen atoms in total. The largest absolute Gasteiger partial charge is 0.392 e. The molecule has 0 bridgehead atoms. The van der Waals surface area contributed by atoms with Gasteiger partial charge in [-0.3, -0.25) is 4.79 Å². The Kier molecular flexibility index (Phi) is 5.32. The zero-order chi connectivity index (χ0) is 22.2. The third kappa shape index (κ3) is 3.24. The molecule has 0 aliphatic heterocycles. The van der Waals surface area contributed by atoms with Crippen molar-refractivity contribution in [3.05, 3.63) is 11.6 Å². The summed E-state index contributed by atoms with van der Waals surface area (Å²) in [5, 5.41) is 10.8. The fraction of sp³-hybridized carbons (Fsp3) is 0.897. The highest BCUT2D eigenvalue weighted by molar-refractivity contribution is 5.78. The van der Waals surface area contributed by atoms with Crippen LogP contribution in [-0.4, -0.2) is 17.0 Å². The van der Waals surface area contributed by atoms with Crippen LogP contribution in [0.2, 0.25) is 0 Å². The van der Waals surface area contributed by atoms with Crippen LogP contribution in [-0.2, 0) is 4.79 Å². The molecule has 31 heavy (non-hydrogen) atoms. The van der Waals surface area contributed by atoms with Gasteiger partial charge in [-0.15, -0.1) is 0 Å². The Morgan fingerprint density at radius 2 is 1.74 bits per heavy atom. The van der Waals surface area contributed by atoms with Crippen LogP contribution < -0.4 is 0 Å². The van der Waals surface area contributed by atoms with Crippen LogP contribution in [0.5, 0.6) is 0 Å². The van der Waals surface area contributed by atoms with Gasteiger partial charge in [0.1, 0.15) is 5.78 Å². The zero-order valence-corrected chi connectivity index (χ0v) is 20.8. The molecule has 4 saturated carbocycles. The SMILES string of the molecule is CC(C)CC(=O)C[C@@H](C)[C@H]1CC[C@H]2[C@@H]3CC=C4C5(CC5)[C@H](O)CC[C@]4(C)[C@H]3CC[C@]12C. The molecule has 8 atom stereocenters. The van der Waals surface area contributed by atoms with Gasteiger partial charge in [-0.2, -0.15) is 0 Å². The van der Waals surface area contributed by atoms with Gasteiger partial charge in [0, 0.05) is 18.3 Å². The quantitative estimate of drug-likeness (QED) is 0.483. The van der Waals surface area contributed by atoms with Crippen molar-refractivity contribution in [2.75, 3.05) is 0 Å². The smallest absolute Gasteiger partial charge is 0.133 e. The van der Waals surface area contributed by atoms with Crippen molar-refractivity contribution >= 4 is 5.78 Å². The number of carbonyl (C=O) groups is 1. The number of ketones is 1. The van der Waals surface area contributed by atoms with E-state index in [1.54, 1.807) is 5.57 Å². The number of hydrogen-bond acceptors (Lipinski definition) is 2. The van der Waals surface area contributed by atoms with E-state index in [4.69, 9.17) is 0 Å². The van der Waals surface area contributed by atoms with E-state index in [-0.39, 0.29) is 11.5 Å². The number of rotatable bonds is 5. The number of aliphatic hydroxyl groups excluding tert-OH is 1. The molecule has 1 N–H and O–H groups in total. The molecule has 0 heterocycles. The first kappa shape index (κ1) is 22.2. The summed E-state index contributed by atoms with van der Waals surface area (Å²) in [5.41, 5.74) is 2.59. The summed E-state index contributed by atoms with van der Waals surface area (Å²) in [5.74, 6) is 4.68. The average molecular weight is 427 g/mol. The lowest BCUT2D eigenvalue weighted by Crippen LogP contribution is -2.53. The van der Waals surface area contributed by atoms with Crippen LogP contribution >= 0.6 is 0 Å². The van der Waals surface area contributed by atoms with Gasteiger partial charge in [-0.25, -0.2) is 0 Å². The molecule has 2 heteroatoms. The van der Waals surface area contributed by atoms with Crippen molar-refractivity contribution in [2.45, 2.75) is 111 Å². The van der Waals surface area contributed by atoms with Crippen LogP contribution in [0.4, 0.5) is 0 Å². The van der Waals surface area contributed by atoms with E-state index in [9.17, 15) is 9.90 Å². The molecule has 0 aromatic heterocycles. The molecule has 0 aromatic carbocycles. The molecular formula is C29H46O2. The van der Waals surface area contributed by atoms with Gasteiger partial charge in [0.2, 0.25) is 0 Å². The fourth-order valence-electron chi connectivity index (χ4n) is 9.83. The summed E-state index contributed by atoms with van der Waals surface area (Å²) in [6.45, 7) is 11.9. The van der Waals surface area contributed by atoms with Crippen LogP contribution in [0.25, 0.3) is 0 Å². The van der Waals surface area contributed by atoms with E-state index in [1.165, 1.54) is 51.4 Å². The highest BCUT2D eigenvalue weighted by atomic mass is 16.3. The topological polar surface area (TPSA) is 37.3 Å². The second kappa shape index (κ2) is 7.44. The second-order valence-corrected chi connectivity index (χ2v) is 13.4. The lowest BCUT2D eigenvalue weighted by atomic mass is 9.45. The van der Waals surface area contributed by atoms with E-state index in [0.717, 1.165) is 42.9 Å². The van der Waals surface area contributed by atoms with Crippen molar-refractivity contribution in [1.82, 2.24) is 0 Å². The Labute approximate surface area is 190 Å². The average Bonchev–Trinajstić information content (AvgIpc) is 3.39. The fourth-order valence-corrected chi connectivity index (χ4v) is 9.83. The Bertz CT molecular complexity index is 761. The van der Waals surface area contributed by atoms with Crippen molar-refractivity contribution in [3.63, 3.8) is 0 Å². The van der Waals surface area contributed by atoms with Gasteiger partial charge < -0.3 is 5.11 Å². The predicted octanol–water partition coefficient (Wildman–Crippen LogP) is 6.96. The summed E-state index contributed by atoms with van der Waals surface area (Å²) in [7, 11) is 0. The second-order valence-electron chi connectivity index (χ2n) is 13.4. The Morgan fingerprint density at radius 1 is 1.00 bits per heavy atom. The standard InChI is InChI=1S/C29H46O2/c1-18(2)16-20(30)17-19(3)22-7-8-23-21-6-9-25-28(5,24(21)10-12-27(22,23)4)13-11-26(31)29(25)14-15-29/h9,18-19,21-24,26,31H,6-8,10-17H2,1-5H3/t19-,21+,22-,23+,24+,26-,27-,28-/m1/s1. The summed E-state index contributed by atoms with van der Waals surface area (Å²) in [6.07, 6.45) is 15.4. The van der Waals surface area contributed by atoms with Crippen LogP contribution in [0.15, 0.2) is 11.6 Å². The first-order chi connectivity index (χ1) is 14.6. The summed E-state index contributed by atoms with van der Waals surface area (Å²) >= 11 is 0. The molecule has 1 spiro atoms. The van der Waals surface area contributed by atoms with Crippen molar-refractivity contribution in [3.8, 4) is 0 Å². The minimum Gasteiger partial charge on any atom is -0.392 e. The van der Waals surface area contributed by atoms with Crippen molar-refractivity contribution in [1.29, 1.82) is 0 Å². The first-order valence-electron chi connectivity index (χ1n) is 13.5. The number of hydrogen-bond donors (Lipinski definition) is 1. The zero-order valence-electron chi connectivity index (χ0n) is 20.8. The van der Waals surface area contributed by atoms with E-state index in [2.05, 4.69) is 40.7 Å². The van der Waals surface area contributed by atoms with Crippen LogP contribution in [0.3, 0.4) is 0 Å². The van der Waals surface area contributed by atoms with E-state index in [1.807, 2.05) is 0 Å². The first-order valence-corrected chi connectivity index (χ1v) is 13.5. The Balaban J connectivity index is 1.36. The van der Waals surface area contributed by atoms with Gasteiger partial charge >= 0.3 is 0 Å². The third-order valence-electron chi connectivity index (χ3n) is 11.3. The summed E-state index contributed by atoms with van der Waals surface area (Å²) in [4.78, 5) is 12.6. The van der Waals surface area contributed by atoms with Gasteiger partial charge in [0.05, 0.1) is 6.10 Å². The van der Waals surface area contributed by atoms with Gasteiger partial charge in [-0.1, -0.05) is 46.3 Å². The Morgan fingerprint density at radius 3 is 2.42 bits per heavy atom. The van der Waals surface area contributed by atoms with Gasteiger partial charge in [0.25, 0.3) is 0 Å². The lowest BCUT2D eigenvalue weighted by Gasteiger charge is -2.60. The highest BCUT2D eigenvalue weighted by Gasteiger charge is 2.65. The van der Waals surface area contributed by atoms with E-state index < -0.39 is 0 Å². The third-order valence-corrected chi connectivity index (χ3v) is 11.3. The molecule has 0 unspecified atom stereocenters. The lowest BCUT2D eigenvalue weighted by molar-refractivity contribution is -0.121.